The first kappa shape index (κ1) is 17.5. The lowest BCUT2D eigenvalue weighted by Gasteiger charge is -2.20. The molecule has 1 heterocycles. The normalized spacial score (nSPS) is 10.5. The Hall–Kier alpha value is -2.37. The molecule has 0 spiro atoms. The summed E-state index contributed by atoms with van der Waals surface area (Å²) in [6.45, 7) is 3.54. The van der Waals surface area contributed by atoms with Crippen molar-refractivity contribution < 1.29 is 0 Å². The molecular formula is C18H17Cl2N5. The van der Waals surface area contributed by atoms with Gasteiger partial charge in [-0.1, -0.05) is 53.5 Å². The van der Waals surface area contributed by atoms with Crippen molar-refractivity contribution in [1.29, 1.82) is 0 Å². The predicted molar refractivity (Wildman–Crippen MR) is 103 cm³/mol. The van der Waals surface area contributed by atoms with E-state index < -0.39 is 0 Å². The SMILES string of the molecule is CCN(Cc1ccccc1)c1nncc(Nc2cc(Cl)cc(Cl)c2)n1. The Bertz CT molecular complexity index is 822. The summed E-state index contributed by atoms with van der Waals surface area (Å²) in [5.74, 6) is 1.14. The first-order valence-electron chi connectivity index (χ1n) is 7.86. The van der Waals surface area contributed by atoms with Gasteiger partial charge in [0.05, 0.1) is 6.20 Å². The molecule has 0 atom stereocenters. The van der Waals surface area contributed by atoms with Crippen LogP contribution in [0, 0.1) is 0 Å². The molecule has 128 valence electrons. The lowest BCUT2D eigenvalue weighted by Crippen LogP contribution is -2.24. The van der Waals surface area contributed by atoms with E-state index >= 15 is 0 Å². The average Bonchev–Trinajstić information content (AvgIpc) is 2.60. The van der Waals surface area contributed by atoms with E-state index in [-0.39, 0.29) is 0 Å². The van der Waals surface area contributed by atoms with Crippen LogP contribution in [0.1, 0.15) is 12.5 Å². The van der Waals surface area contributed by atoms with E-state index in [1.54, 1.807) is 24.4 Å². The molecular weight excluding hydrogens is 357 g/mol. The number of nitrogens with one attached hydrogen (secondary N) is 1. The highest BCUT2D eigenvalue weighted by molar-refractivity contribution is 6.35. The molecule has 5 nitrogen and oxygen atoms in total. The lowest BCUT2D eigenvalue weighted by molar-refractivity contribution is 0.771. The van der Waals surface area contributed by atoms with E-state index in [0.717, 1.165) is 12.2 Å². The average molecular weight is 374 g/mol. The monoisotopic (exact) mass is 373 g/mol. The van der Waals surface area contributed by atoms with Crippen LogP contribution in [0.4, 0.5) is 17.5 Å². The standard InChI is InChI=1S/C18H17Cl2N5/c1-2-25(12-13-6-4-3-5-7-13)18-23-17(11-21-24-18)22-16-9-14(19)8-15(20)10-16/h3-11H,2,12H2,1H3,(H,22,23,24). The van der Waals surface area contributed by atoms with Gasteiger partial charge in [0.25, 0.3) is 0 Å². The number of anilines is 3. The highest BCUT2D eigenvalue weighted by Crippen LogP contribution is 2.25. The molecule has 0 aliphatic heterocycles. The molecule has 2 aromatic carbocycles. The van der Waals surface area contributed by atoms with Crippen molar-refractivity contribution in [2.75, 3.05) is 16.8 Å². The number of hydrogen-bond acceptors (Lipinski definition) is 5. The van der Waals surface area contributed by atoms with Crippen molar-refractivity contribution >= 4 is 40.7 Å². The highest BCUT2D eigenvalue weighted by Gasteiger charge is 2.10. The Morgan fingerprint density at radius 1 is 1.04 bits per heavy atom. The predicted octanol–water partition coefficient (Wildman–Crippen LogP) is 4.95. The molecule has 0 saturated heterocycles. The zero-order chi connectivity index (χ0) is 17.6. The molecule has 7 heteroatoms. The van der Waals surface area contributed by atoms with Gasteiger partial charge in [0.2, 0.25) is 5.95 Å². The second-order valence-electron chi connectivity index (χ2n) is 5.42. The number of aromatic nitrogens is 3. The van der Waals surface area contributed by atoms with Crippen LogP contribution < -0.4 is 10.2 Å². The first-order valence-corrected chi connectivity index (χ1v) is 8.61. The fraction of sp³-hybridized carbons (Fsp3) is 0.167. The van der Waals surface area contributed by atoms with Crippen molar-refractivity contribution in [3.05, 3.63) is 70.3 Å². The van der Waals surface area contributed by atoms with Gasteiger partial charge >= 0.3 is 0 Å². The van der Waals surface area contributed by atoms with Crippen LogP contribution in [0.5, 0.6) is 0 Å². The van der Waals surface area contributed by atoms with Crippen LogP contribution in [-0.4, -0.2) is 21.7 Å². The zero-order valence-electron chi connectivity index (χ0n) is 13.7. The lowest BCUT2D eigenvalue weighted by atomic mass is 10.2. The molecule has 0 aliphatic carbocycles. The summed E-state index contributed by atoms with van der Waals surface area (Å²) in [6.07, 6.45) is 1.56. The largest absolute Gasteiger partial charge is 0.339 e. The molecule has 0 fully saturated rings. The topological polar surface area (TPSA) is 53.9 Å². The van der Waals surface area contributed by atoms with Gasteiger partial charge in [0, 0.05) is 28.8 Å². The van der Waals surface area contributed by atoms with E-state index in [4.69, 9.17) is 23.2 Å². The molecule has 0 bridgehead atoms. The van der Waals surface area contributed by atoms with E-state index in [1.165, 1.54) is 5.56 Å². The van der Waals surface area contributed by atoms with Crippen molar-refractivity contribution in [1.82, 2.24) is 15.2 Å². The van der Waals surface area contributed by atoms with Crippen molar-refractivity contribution in [3.63, 3.8) is 0 Å². The molecule has 0 radical (unpaired) electrons. The van der Waals surface area contributed by atoms with Crippen LogP contribution in [-0.2, 0) is 6.54 Å². The molecule has 3 rings (SSSR count). The summed E-state index contributed by atoms with van der Waals surface area (Å²) >= 11 is 12.1. The van der Waals surface area contributed by atoms with Gasteiger partial charge in [0.1, 0.15) is 0 Å². The third kappa shape index (κ3) is 4.81. The Morgan fingerprint density at radius 2 is 1.76 bits per heavy atom. The summed E-state index contributed by atoms with van der Waals surface area (Å²) in [5, 5.41) is 12.5. The number of rotatable bonds is 6. The molecule has 3 aromatic rings. The highest BCUT2D eigenvalue weighted by atomic mass is 35.5. The van der Waals surface area contributed by atoms with E-state index in [1.807, 2.05) is 18.2 Å². The fourth-order valence-electron chi connectivity index (χ4n) is 2.39. The van der Waals surface area contributed by atoms with Gasteiger partial charge in [-0.15, -0.1) is 5.10 Å². The molecule has 0 unspecified atom stereocenters. The second kappa shape index (κ2) is 8.14. The maximum Gasteiger partial charge on any atom is 0.247 e. The van der Waals surface area contributed by atoms with E-state index in [0.29, 0.717) is 28.4 Å². The van der Waals surface area contributed by atoms with Crippen LogP contribution in [0.25, 0.3) is 0 Å². The summed E-state index contributed by atoms with van der Waals surface area (Å²) in [7, 11) is 0. The van der Waals surface area contributed by atoms with Crippen LogP contribution in [0.3, 0.4) is 0 Å². The molecule has 1 N–H and O–H groups in total. The summed E-state index contributed by atoms with van der Waals surface area (Å²) in [6, 6.07) is 15.4. The van der Waals surface area contributed by atoms with Gasteiger partial charge in [-0.25, -0.2) is 0 Å². The number of hydrogen-bond donors (Lipinski definition) is 1. The van der Waals surface area contributed by atoms with Gasteiger partial charge in [0.15, 0.2) is 5.82 Å². The number of halogens is 2. The Kier molecular flexibility index (Phi) is 5.68. The smallest absolute Gasteiger partial charge is 0.247 e. The minimum Gasteiger partial charge on any atom is -0.339 e. The minimum atomic E-state index is 0.552. The molecule has 1 aromatic heterocycles. The third-order valence-corrected chi connectivity index (χ3v) is 4.00. The molecule has 25 heavy (non-hydrogen) atoms. The Balaban J connectivity index is 1.79. The Labute approximate surface area is 156 Å². The van der Waals surface area contributed by atoms with Gasteiger partial charge < -0.3 is 10.2 Å². The number of nitrogens with zero attached hydrogens (tertiary/aromatic N) is 4. The van der Waals surface area contributed by atoms with E-state index in [2.05, 4.69) is 44.5 Å². The minimum absolute atomic E-state index is 0.552. The quantitative estimate of drug-likeness (QED) is 0.662. The Morgan fingerprint density at radius 3 is 2.44 bits per heavy atom. The maximum atomic E-state index is 6.03. The van der Waals surface area contributed by atoms with E-state index in [9.17, 15) is 0 Å². The van der Waals surface area contributed by atoms with Crippen LogP contribution in [0.2, 0.25) is 10.0 Å². The van der Waals surface area contributed by atoms with Gasteiger partial charge in [-0.05, 0) is 30.7 Å². The maximum absolute atomic E-state index is 6.03. The van der Waals surface area contributed by atoms with Crippen molar-refractivity contribution in [2.45, 2.75) is 13.5 Å². The fourth-order valence-corrected chi connectivity index (χ4v) is 2.92. The second-order valence-corrected chi connectivity index (χ2v) is 6.30. The summed E-state index contributed by atoms with van der Waals surface area (Å²) in [5.41, 5.74) is 1.93. The summed E-state index contributed by atoms with van der Waals surface area (Å²) in [4.78, 5) is 6.60. The molecule has 0 saturated carbocycles. The van der Waals surface area contributed by atoms with Crippen molar-refractivity contribution in [3.8, 4) is 0 Å². The molecule has 0 amide bonds. The van der Waals surface area contributed by atoms with Crippen LogP contribution in [0.15, 0.2) is 54.7 Å². The van der Waals surface area contributed by atoms with Crippen molar-refractivity contribution in [2.24, 2.45) is 0 Å². The number of benzene rings is 2. The van der Waals surface area contributed by atoms with Crippen LogP contribution >= 0.6 is 23.2 Å². The van der Waals surface area contributed by atoms with Gasteiger partial charge in [-0.2, -0.15) is 10.1 Å². The summed E-state index contributed by atoms with van der Waals surface area (Å²) < 4.78 is 0. The van der Waals surface area contributed by atoms with Gasteiger partial charge in [-0.3, -0.25) is 0 Å². The molecule has 0 aliphatic rings. The first-order chi connectivity index (χ1) is 12.1. The zero-order valence-corrected chi connectivity index (χ0v) is 15.2. The third-order valence-electron chi connectivity index (χ3n) is 3.56.